The molecule has 26 heavy (non-hydrogen) atoms. The summed E-state index contributed by atoms with van der Waals surface area (Å²) in [5, 5.41) is 8.50. The molecule has 0 radical (unpaired) electrons. The molecule has 0 saturated heterocycles. The van der Waals surface area contributed by atoms with Gasteiger partial charge >= 0.3 is 0 Å². The molecule has 0 aliphatic carbocycles. The Morgan fingerprint density at radius 3 is 2.04 bits per heavy atom. The summed E-state index contributed by atoms with van der Waals surface area (Å²) in [6.07, 6.45) is 2.82. The maximum Gasteiger partial charge on any atom is 0.291 e. The van der Waals surface area contributed by atoms with Gasteiger partial charge in [0.2, 0.25) is 0 Å². The van der Waals surface area contributed by atoms with Crippen molar-refractivity contribution in [3.8, 4) is 0 Å². The molecular formula is C17H15N3O5S. The minimum absolute atomic E-state index is 0.191. The first kappa shape index (κ1) is 17.5. The van der Waals surface area contributed by atoms with Gasteiger partial charge in [0, 0.05) is 13.1 Å². The number of amides is 3. The fraction of sp³-hybridized carbons (Fsp3) is 0.118. The number of furan rings is 2. The third kappa shape index (κ3) is 4.39. The summed E-state index contributed by atoms with van der Waals surface area (Å²) >= 11 is 1.14. The number of carbonyl (C=O) groups excluding carboxylic acids is 3. The first-order valence-corrected chi connectivity index (χ1v) is 8.50. The molecule has 0 aliphatic rings. The number of rotatable bonds is 7. The van der Waals surface area contributed by atoms with Crippen molar-refractivity contribution in [3.05, 3.63) is 65.3 Å². The molecule has 0 unspecified atom stereocenters. The Hall–Kier alpha value is -3.33. The molecule has 0 aromatic carbocycles. The molecule has 9 heteroatoms. The SMILES string of the molecule is O=C(NCCNC(=O)c1ccc(NC(=O)c2ccco2)s1)c1ccco1. The molecule has 0 fully saturated rings. The highest BCUT2D eigenvalue weighted by Gasteiger charge is 2.13. The van der Waals surface area contributed by atoms with Gasteiger partial charge in [-0.25, -0.2) is 0 Å². The first-order valence-electron chi connectivity index (χ1n) is 7.68. The van der Waals surface area contributed by atoms with Crippen molar-refractivity contribution in [1.82, 2.24) is 10.6 Å². The number of anilines is 1. The van der Waals surface area contributed by atoms with Gasteiger partial charge in [0.1, 0.15) is 0 Å². The summed E-state index contributed by atoms with van der Waals surface area (Å²) in [6, 6.07) is 9.59. The van der Waals surface area contributed by atoms with Crippen molar-refractivity contribution in [2.75, 3.05) is 18.4 Å². The van der Waals surface area contributed by atoms with Gasteiger partial charge in [0.05, 0.1) is 22.4 Å². The van der Waals surface area contributed by atoms with E-state index in [1.165, 1.54) is 12.5 Å². The number of nitrogens with one attached hydrogen (secondary N) is 3. The van der Waals surface area contributed by atoms with Gasteiger partial charge in [0.25, 0.3) is 17.7 Å². The quantitative estimate of drug-likeness (QED) is 0.550. The van der Waals surface area contributed by atoms with Crippen molar-refractivity contribution in [2.45, 2.75) is 0 Å². The van der Waals surface area contributed by atoms with Crippen LogP contribution in [0.25, 0.3) is 0 Å². The molecule has 8 nitrogen and oxygen atoms in total. The van der Waals surface area contributed by atoms with Gasteiger partial charge in [-0.1, -0.05) is 0 Å². The minimum atomic E-state index is -0.385. The topological polar surface area (TPSA) is 114 Å². The van der Waals surface area contributed by atoms with E-state index in [0.29, 0.717) is 9.88 Å². The first-order chi connectivity index (χ1) is 12.6. The molecule has 3 amide bonds. The molecular weight excluding hydrogens is 358 g/mol. The average Bonchev–Trinajstić information content (AvgIpc) is 3.40. The monoisotopic (exact) mass is 373 g/mol. The summed E-state index contributed by atoms with van der Waals surface area (Å²) in [7, 11) is 0. The molecule has 3 aromatic rings. The van der Waals surface area contributed by atoms with Crippen LogP contribution in [0.1, 0.15) is 30.8 Å². The highest BCUT2D eigenvalue weighted by molar-refractivity contribution is 7.18. The third-order valence-electron chi connectivity index (χ3n) is 3.25. The number of hydrogen-bond acceptors (Lipinski definition) is 6. The Morgan fingerprint density at radius 2 is 1.42 bits per heavy atom. The second-order valence-corrected chi connectivity index (χ2v) is 6.17. The molecule has 0 atom stereocenters. The summed E-state index contributed by atoms with van der Waals surface area (Å²) in [5.41, 5.74) is 0. The van der Waals surface area contributed by atoms with Crippen LogP contribution in [0, 0.1) is 0 Å². The number of thiophene rings is 1. The van der Waals surface area contributed by atoms with Crippen LogP contribution >= 0.6 is 11.3 Å². The Morgan fingerprint density at radius 1 is 0.808 bits per heavy atom. The van der Waals surface area contributed by atoms with Crippen LogP contribution in [0.4, 0.5) is 5.00 Å². The van der Waals surface area contributed by atoms with Gasteiger partial charge < -0.3 is 24.8 Å². The van der Waals surface area contributed by atoms with E-state index in [2.05, 4.69) is 16.0 Å². The van der Waals surface area contributed by atoms with E-state index in [1.807, 2.05) is 0 Å². The van der Waals surface area contributed by atoms with Crippen LogP contribution in [-0.2, 0) is 0 Å². The number of hydrogen-bond donors (Lipinski definition) is 3. The van der Waals surface area contributed by atoms with Gasteiger partial charge in [-0.2, -0.15) is 0 Å². The Kier molecular flexibility index (Phi) is 5.49. The minimum Gasteiger partial charge on any atom is -0.459 e. The molecule has 0 saturated carbocycles. The Labute approximate surface area is 152 Å². The Balaban J connectivity index is 1.43. The predicted octanol–water partition coefficient (Wildman–Crippen LogP) is 2.35. The van der Waals surface area contributed by atoms with Crippen LogP contribution in [-0.4, -0.2) is 30.8 Å². The molecule has 3 N–H and O–H groups in total. The number of carbonyl (C=O) groups is 3. The van der Waals surface area contributed by atoms with Crippen LogP contribution in [0.5, 0.6) is 0 Å². The van der Waals surface area contributed by atoms with Crippen LogP contribution in [0.2, 0.25) is 0 Å². The molecule has 3 heterocycles. The van der Waals surface area contributed by atoms with Crippen LogP contribution < -0.4 is 16.0 Å². The fourth-order valence-corrected chi connectivity index (χ4v) is 2.86. The summed E-state index contributed by atoms with van der Waals surface area (Å²) in [6.45, 7) is 0.524. The second-order valence-electron chi connectivity index (χ2n) is 5.08. The van der Waals surface area contributed by atoms with Crippen molar-refractivity contribution in [1.29, 1.82) is 0 Å². The third-order valence-corrected chi connectivity index (χ3v) is 4.25. The largest absolute Gasteiger partial charge is 0.459 e. The van der Waals surface area contributed by atoms with Gasteiger partial charge in [0.15, 0.2) is 11.5 Å². The van der Waals surface area contributed by atoms with E-state index in [0.717, 1.165) is 11.3 Å². The van der Waals surface area contributed by atoms with E-state index in [4.69, 9.17) is 8.83 Å². The van der Waals surface area contributed by atoms with E-state index in [9.17, 15) is 14.4 Å². The zero-order valence-corrected chi connectivity index (χ0v) is 14.3. The average molecular weight is 373 g/mol. The molecule has 3 rings (SSSR count). The second kappa shape index (κ2) is 8.17. The molecule has 0 bridgehead atoms. The normalized spacial score (nSPS) is 10.3. The highest BCUT2D eigenvalue weighted by Crippen LogP contribution is 2.22. The molecule has 3 aromatic heterocycles. The standard InChI is InChI=1S/C17H15N3O5S/c21-15(11-3-1-9-24-11)18-7-8-19-17(23)13-5-6-14(26-13)20-16(22)12-4-2-10-25-12/h1-6,9-10H,7-8H2,(H,18,21)(H,19,23)(H,20,22). The van der Waals surface area contributed by atoms with Gasteiger partial charge in [-0.3, -0.25) is 14.4 Å². The van der Waals surface area contributed by atoms with Gasteiger partial charge in [-0.15, -0.1) is 11.3 Å². The van der Waals surface area contributed by atoms with Crippen molar-refractivity contribution in [3.63, 3.8) is 0 Å². The smallest absolute Gasteiger partial charge is 0.291 e. The van der Waals surface area contributed by atoms with E-state index in [1.54, 1.807) is 36.4 Å². The Bertz CT molecular complexity index is 884. The van der Waals surface area contributed by atoms with Crippen LogP contribution in [0.15, 0.2) is 57.8 Å². The lowest BCUT2D eigenvalue weighted by Gasteiger charge is -2.05. The van der Waals surface area contributed by atoms with Crippen LogP contribution in [0.3, 0.4) is 0 Å². The van der Waals surface area contributed by atoms with Gasteiger partial charge in [-0.05, 0) is 36.4 Å². The lowest BCUT2D eigenvalue weighted by atomic mass is 10.4. The predicted molar refractivity (Wildman–Crippen MR) is 94.4 cm³/mol. The van der Waals surface area contributed by atoms with Crippen molar-refractivity contribution < 1.29 is 23.2 Å². The zero-order chi connectivity index (χ0) is 18.4. The van der Waals surface area contributed by atoms with E-state index in [-0.39, 0.29) is 42.3 Å². The highest BCUT2D eigenvalue weighted by atomic mass is 32.1. The molecule has 0 aliphatic heterocycles. The van der Waals surface area contributed by atoms with E-state index < -0.39 is 0 Å². The maximum atomic E-state index is 12.1. The fourth-order valence-electron chi connectivity index (χ4n) is 2.04. The van der Waals surface area contributed by atoms with Crippen molar-refractivity contribution >= 4 is 34.1 Å². The molecule has 134 valence electrons. The lowest BCUT2D eigenvalue weighted by Crippen LogP contribution is -2.34. The summed E-state index contributed by atoms with van der Waals surface area (Å²) in [4.78, 5) is 36.1. The molecule has 0 spiro atoms. The summed E-state index contributed by atoms with van der Waals surface area (Å²) in [5.74, 6) is -0.614. The summed E-state index contributed by atoms with van der Waals surface area (Å²) < 4.78 is 9.97. The lowest BCUT2D eigenvalue weighted by molar-refractivity contribution is 0.0911. The van der Waals surface area contributed by atoms with Crippen molar-refractivity contribution in [2.24, 2.45) is 0 Å². The maximum absolute atomic E-state index is 12.1. The zero-order valence-electron chi connectivity index (χ0n) is 13.5. The van der Waals surface area contributed by atoms with E-state index >= 15 is 0 Å².